The van der Waals surface area contributed by atoms with Gasteiger partial charge in [0, 0.05) is 6.54 Å². The lowest BCUT2D eigenvalue weighted by Gasteiger charge is -2.14. The Labute approximate surface area is 101 Å². The molecule has 0 aromatic heterocycles. The highest BCUT2D eigenvalue weighted by Gasteiger charge is 2.16. The van der Waals surface area contributed by atoms with Gasteiger partial charge in [0.1, 0.15) is 0 Å². The number of nitrogens with one attached hydrogen (secondary N) is 1. The minimum Gasteiger partial charge on any atom is -0.454 e. The second-order valence-electron chi connectivity index (χ2n) is 3.93. The molecule has 2 rings (SSSR count). The topological polar surface area (TPSA) is 50.7 Å². The molecule has 1 heterocycles. The molecule has 0 spiro atoms. The van der Waals surface area contributed by atoms with E-state index < -0.39 is 6.10 Å². The molecule has 2 N–H and O–H groups in total. The minimum absolute atomic E-state index is 0.0568. The molecule has 2 atom stereocenters. The fourth-order valence-corrected chi connectivity index (χ4v) is 1.59. The SMILES string of the molecule is C#CC(C)NCC(O)c1ccc2c(c1)OCO2. The number of ether oxygens (including phenoxy) is 2. The molecule has 1 aromatic rings. The summed E-state index contributed by atoms with van der Waals surface area (Å²) in [5.74, 6) is 3.93. The predicted octanol–water partition coefficient (Wildman–Crippen LogP) is 1.06. The molecular formula is C13H15NO3. The van der Waals surface area contributed by atoms with Gasteiger partial charge < -0.3 is 19.9 Å². The van der Waals surface area contributed by atoms with Gasteiger partial charge in [-0.1, -0.05) is 12.0 Å². The lowest BCUT2D eigenvalue weighted by atomic mass is 10.1. The van der Waals surface area contributed by atoms with Crippen molar-refractivity contribution in [2.45, 2.75) is 19.1 Å². The molecule has 17 heavy (non-hydrogen) atoms. The van der Waals surface area contributed by atoms with Crippen molar-refractivity contribution in [3.8, 4) is 23.8 Å². The van der Waals surface area contributed by atoms with Crippen LogP contribution in [0.4, 0.5) is 0 Å². The Balaban J connectivity index is 2.00. The van der Waals surface area contributed by atoms with Crippen LogP contribution in [0.1, 0.15) is 18.6 Å². The van der Waals surface area contributed by atoms with E-state index in [9.17, 15) is 5.11 Å². The zero-order chi connectivity index (χ0) is 12.3. The molecule has 90 valence electrons. The number of rotatable bonds is 4. The summed E-state index contributed by atoms with van der Waals surface area (Å²) in [7, 11) is 0. The molecule has 0 bridgehead atoms. The third-order valence-corrected chi connectivity index (χ3v) is 2.65. The van der Waals surface area contributed by atoms with Crippen LogP contribution >= 0.6 is 0 Å². The largest absolute Gasteiger partial charge is 0.454 e. The van der Waals surface area contributed by atoms with Crippen LogP contribution in [0.3, 0.4) is 0 Å². The van der Waals surface area contributed by atoms with Gasteiger partial charge in [0.25, 0.3) is 0 Å². The van der Waals surface area contributed by atoms with Crippen LogP contribution in [0.25, 0.3) is 0 Å². The highest BCUT2D eigenvalue weighted by molar-refractivity contribution is 5.45. The fourth-order valence-electron chi connectivity index (χ4n) is 1.59. The summed E-state index contributed by atoms with van der Waals surface area (Å²) in [6.07, 6.45) is 4.63. The van der Waals surface area contributed by atoms with Crippen molar-refractivity contribution in [1.29, 1.82) is 0 Å². The van der Waals surface area contributed by atoms with E-state index in [-0.39, 0.29) is 12.8 Å². The van der Waals surface area contributed by atoms with Gasteiger partial charge in [-0.15, -0.1) is 6.42 Å². The maximum Gasteiger partial charge on any atom is 0.231 e. The lowest BCUT2D eigenvalue weighted by molar-refractivity contribution is 0.169. The summed E-state index contributed by atoms with van der Waals surface area (Å²) in [5, 5.41) is 13.0. The zero-order valence-electron chi connectivity index (χ0n) is 9.64. The molecular weight excluding hydrogens is 218 g/mol. The number of benzene rings is 1. The third-order valence-electron chi connectivity index (χ3n) is 2.65. The Morgan fingerprint density at radius 3 is 3.00 bits per heavy atom. The molecule has 0 saturated carbocycles. The lowest BCUT2D eigenvalue weighted by Crippen LogP contribution is -2.29. The first kappa shape index (κ1) is 11.8. The van der Waals surface area contributed by atoms with Gasteiger partial charge in [-0.3, -0.25) is 0 Å². The number of aliphatic hydroxyl groups is 1. The van der Waals surface area contributed by atoms with Crippen molar-refractivity contribution in [1.82, 2.24) is 5.32 Å². The predicted molar refractivity (Wildman–Crippen MR) is 63.8 cm³/mol. The second kappa shape index (κ2) is 5.09. The average Bonchev–Trinajstić information content (AvgIpc) is 2.82. The van der Waals surface area contributed by atoms with E-state index in [2.05, 4.69) is 11.2 Å². The summed E-state index contributed by atoms with van der Waals surface area (Å²) < 4.78 is 10.5. The van der Waals surface area contributed by atoms with Crippen LogP contribution in [0.2, 0.25) is 0 Å². The van der Waals surface area contributed by atoms with E-state index in [1.54, 1.807) is 12.1 Å². The maximum absolute atomic E-state index is 9.97. The highest BCUT2D eigenvalue weighted by atomic mass is 16.7. The van der Waals surface area contributed by atoms with E-state index in [1.807, 2.05) is 13.0 Å². The van der Waals surface area contributed by atoms with Gasteiger partial charge in [-0.05, 0) is 24.6 Å². The average molecular weight is 233 g/mol. The van der Waals surface area contributed by atoms with Crippen molar-refractivity contribution in [3.63, 3.8) is 0 Å². The van der Waals surface area contributed by atoms with Crippen LogP contribution in [0, 0.1) is 12.3 Å². The summed E-state index contributed by atoms with van der Waals surface area (Å²) in [6, 6.07) is 5.35. The summed E-state index contributed by atoms with van der Waals surface area (Å²) in [6.45, 7) is 2.51. The van der Waals surface area contributed by atoms with E-state index in [4.69, 9.17) is 15.9 Å². The molecule has 1 aliphatic rings. The molecule has 0 aliphatic carbocycles. The fraction of sp³-hybridized carbons (Fsp3) is 0.385. The molecule has 4 heteroatoms. The molecule has 1 aromatic carbocycles. The highest BCUT2D eigenvalue weighted by Crippen LogP contribution is 2.33. The van der Waals surface area contributed by atoms with Gasteiger partial charge in [0.05, 0.1) is 12.1 Å². The standard InChI is InChI=1S/C13H15NO3/c1-3-9(2)14-7-11(15)10-4-5-12-13(6-10)17-8-16-12/h1,4-6,9,11,14-15H,7-8H2,2H3. The van der Waals surface area contributed by atoms with Gasteiger partial charge >= 0.3 is 0 Å². The van der Waals surface area contributed by atoms with E-state index in [0.717, 1.165) is 5.56 Å². The van der Waals surface area contributed by atoms with Crippen LogP contribution in [0.15, 0.2) is 18.2 Å². The molecule has 4 nitrogen and oxygen atoms in total. The number of hydrogen-bond donors (Lipinski definition) is 2. The van der Waals surface area contributed by atoms with Gasteiger partial charge in [0.2, 0.25) is 6.79 Å². The van der Waals surface area contributed by atoms with Crippen LogP contribution < -0.4 is 14.8 Å². The van der Waals surface area contributed by atoms with Crippen LogP contribution in [-0.2, 0) is 0 Å². The van der Waals surface area contributed by atoms with E-state index >= 15 is 0 Å². The first-order chi connectivity index (χ1) is 8.20. The van der Waals surface area contributed by atoms with Crippen molar-refractivity contribution in [2.75, 3.05) is 13.3 Å². The third kappa shape index (κ3) is 2.70. The zero-order valence-corrected chi connectivity index (χ0v) is 9.64. The summed E-state index contributed by atoms with van der Waals surface area (Å²) in [5.41, 5.74) is 0.783. The smallest absolute Gasteiger partial charge is 0.231 e. The molecule has 0 saturated heterocycles. The Kier molecular flexibility index (Phi) is 3.52. The van der Waals surface area contributed by atoms with Gasteiger partial charge in [0.15, 0.2) is 11.5 Å². The van der Waals surface area contributed by atoms with Gasteiger partial charge in [-0.2, -0.15) is 0 Å². The van der Waals surface area contributed by atoms with E-state index in [1.165, 1.54) is 0 Å². The van der Waals surface area contributed by atoms with Crippen molar-refractivity contribution in [2.24, 2.45) is 0 Å². The van der Waals surface area contributed by atoms with E-state index in [0.29, 0.717) is 18.0 Å². The second-order valence-corrected chi connectivity index (χ2v) is 3.93. The maximum atomic E-state index is 9.97. The molecule has 0 fully saturated rings. The normalized spacial score (nSPS) is 16.3. The van der Waals surface area contributed by atoms with Crippen molar-refractivity contribution < 1.29 is 14.6 Å². The summed E-state index contributed by atoms with van der Waals surface area (Å²) in [4.78, 5) is 0. The number of terminal acetylenes is 1. The number of hydrogen-bond acceptors (Lipinski definition) is 4. The Hall–Kier alpha value is -1.70. The first-order valence-electron chi connectivity index (χ1n) is 5.48. The van der Waals surface area contributed by atoms with Crippen molar-refractivity contribution in [3.05, 3.63) is 23.8 Å². The number of aliphatic hydroxyl groups excluding tert-OH is 1. The molecule has 0 amide bonds. The number of fused-ring (bicyclic) bond motifs is 1. The molecule has 2 unspecified atom stereocenters. The minimum atomic E-state index is -0.611. The summed E-state index contributed by atoms with van der Waals surface area (Å²) >= 11 is 0. The van der Waals surface area contributed by atoms with Crippen LogP contribution in [-0.4, -0.2) is 24.5 Å². The molecule has 1 aliphatic heterocycles. The van der Waals surface area contributed by atoms with Crippen molar-refractivity contribution >= 4 is 0 Å². The Morgan fingerprint density at radius 1 is 1.47 bits per heavy atom. The van der Waals surface area contributed by atoms with Crippen LogP contribution in [0.5, 0.6) is 11.5 Å². The first-order valence-corrected chi connectivity index (χ1v) is 5.48. The molecule has 0 radical (unpaired) electrons. The Morgan fingerprint density at radius 2 is 2.24 bits per heavy atom. The quantitative estimate of drug-likeness (QED) is 0.763. The van der Waals surface area contributed by atoms with Gasteiger partial charge in [-0.25, -0.2) is 0 Å². The Bertz CT molecular complexity index is 439. The monoisotopic (exact) mass is 233 g/mol.